The lowest BCUT2D eigenvalue weighted by atomic mass is 10.1. The molecule has 0 saturated carbocycles. The molecule has 4 rings (SSSR count). The molecular weight excluding hydrogens is 332 g/mol. The Labute approximate surface area is 149 Å². The first-order chi connectivity index (χ1) is 12.3. The van der Waals surface area contributed by atoms with E-state index in [1.807, 2.05) is 48.5 Å². The standard InChI is InChI=1S/C19H16N4OS/c1-24-16-9-5-8-15(12-16)17-10-11-20-18-21-19(22-23(17)18)25-13-14-6-3-2-4-7-14/h2-12H,13H2,1H3. The lowest BCUT2D eigenvalue weighted by Gasteiger charge is -2.05. The first-order valence-corrected chi connectivity index (χ1v) is 8.85. The van der Waals surface area contributed by atoms with Crippen LogP contribution in [0.3, 0.4) is 0 Å². The zero-order valence-corrected chi connectivity index (χ0v) is 14.5. The molecule has 0 fully saturated rings. The van der Waals surface area contributed by atoms with E-state index in [0.717, 1.165) is 22.8 Å². The predicted molar refractivity (Wildman–Crippen MR) is 98.8 cm³/mol. The fourth-order valence-electron chi connectivity index (χ4n) is 2.56. The van der Waals surface area contributed by atoms with Gasteiger partial charge in [0.05, 0.1) is 12.8 Å². The van der Waals surface area contributed by atoms with Gasteiger partial charge in [0.25, 0.3) is 5.78 Å². The van der Waals surface area contributed by atoms with Crippen LogP contribution in [0, 0.1) is 0 Å². The van der Waals surface area contributed by atoms with Crippen molar-refractivity contribution in [1.29, 1.82) is 0 Å². The van der Waals surface area contributed by atoms with Crippen molar-refractivity contribution >= 4 is 17.5 Å². The smallest absolute Gasteiger partial charge is 0.253 e. The molecule has 124 valence electrons. The third-order valence-electron chi connectivity index (χ3n) is 3.80. The SMILES string of the molecule is COc1cccc(-c2ccnc3nc(SCc4ccccc4)nn23)c1. The van der Waals surface area contributed by atoms with Gasteiger partial charge in [-0.3, -0.25) is 0 Å². The van der Waals surface area contributed by atoms with E-state index in [4.69, 9.17) is 4.74 Å². The van der Waals surface area contributed by atoms with Crippen LogP contribution >= 0.6 is 11.8 Å². The Bertz CT molecular complexity index is 1000. The number of fused-ring (bicyclic) bond motifs is 1. The minimum Gasteiger partial charge on any atom is -0.497 e. The zero-order chi connectivity index (χ0) is 17.1. The Balaban J connectivity index is 1.66. The maximum absolute atomic E-state index is 5.32. The molecule has 4 aromatic rings. The fraction of sp³-hybridized carbons (Fsp3) is 0.105. The summed E-state index contributed by atoms with van der Waals surface area (Å²) in [5.41, 5.74) is 3.19. The van der Waals surface area contributed by atoms with Crippen molar-refractivity contribution in [3.05, 3.63) is 72.4 Å². The van der Waals surface area contributed by atoms with Gasteiger partial charge >= 0.3 is 0 Å². The lowest BCUT2D eigenvalue weighted by molar-refractivity contribution is 0.415. The maximum Gasteiger partial charge on any atom is 0.253 e. The van der Waals surface area contributed by atoms with Crippen LogP contribution in [0.15, 0.2) is 72.0 Å². The van der Waals surface area contributed by atoms with Crippen molar-refractivity contribution < 1.29 is 4.74 Å². The normalized spacial score (nSPS) is 10.9. The highest BCUT2D eigenvalue weighted by Crippen LogP contribution is 2.25. The monoisotopic (exact) mass is 348 g/mol. The molecule has 0 aliphatic carbocycles. The number of hydrogen-bond donors (Lipinski definition) is 0. The minimum absolute atomic E-state index is 0.593. The van der Waals surface area contributed by atoms with Gasteiger partial charge in [0.2, 0.25) is 5.16 Å². The lowest BCUT2D eigenvalue weighted by Crippen LogP contribution is -1.96. The quantitative estimate of drug-likeness (QED) is 0.508. The highest BCUT2D eigenvalue weighted by Gasteiger charge is 2.11. The van der Waals surface area contributed by atoms with E-state index >= 15 is 0 Å². The van der Waals surface area contributed by atoms with Crippen LogP contribution in [-0.4, -0.2) is 26.7 Å². The number of ether oxygens (including phenoxy) is 1. The van der Waals surface area contributed by atoms with Crippen LogP contribution in [-0.2, 0) is 5.75 Å². The van der Waals surface area contributed by atoms with Crippen molar-refractivity contribution in [3.63, 3.8) is 0 Å². The summed E-state index contributed by atoms with van der Waals surface area (Å²) >= 11 is 1.60. The summed E-state index contributed by atoms with van der Waals surface area (Å²) in [5, 5.41) is 5.34. The van der Waals surface area contributed by atoms with Gasteiger partial charge in [-0.1, -0.05) is 54.2 Å². The third-order valence-corrected chi connectivity index (χ3v) is 4.71. The van der Waals surface area contributed by atoms with Crippen molar-refractivity contribution in [2.24, 2.45) is 0 Å². The average Bonchev–Trinajstić information content (AvgIpc) is 3.10. The first kappa shape index (κ1) is 15.7. The predicted octanol–water partition coefficient (Wildman–Crippen LogP) is 4.09. The van der Waals surface area contributed by atoms with Crippen molar-refractivity contribution in [2.75, 3.05) is 7.11 Å². The van der Waals surface area contributed by atoms with E-state index in [0.29, 0.717) is 10.9 Å². The van der Waals surface area contributed by atoms with Gasteiger partial charge in [-0.15, -0.1) is 5.10 Å². The molecule has 0 radical (unpaired) electrons. The van der Waals surface area contributed by atoms with Crippen LogP contribution in [0.5, 0.6) is 5.75 Å². The van der Waals surface area contributed by atoms with Crippen LogP contribution in [0.4, 0.5) is 0 Å². The van der Waals surface area contributed by atoms with E-state index < -0.39 is 0 Å². The van der Waals surface area contributed by atoms with Gasteiger partial charge in [-0.2, -0.15) is 9.50 Å². The number of thioether (sulfide) groups is 1. The molecule has 2 aromatic carbocycles. The second-order valence-corrected chi connectivity index (χ2v) is 6.38. The fourth-order valence-corrected chi connectivity index (χ4v) is 3.33. The second-order valence-electron chi connectivity index (χ2n) is 5.44. The Morgan fingerprint density at radius 2 is 1.92 bits per heavy atom. The summed E-state index contributed by atoms with van der Waals surface area (Å²) < 4.78 is 7.10. The number of nitrogens with zero attached hydrogens (tertiary/aromatic N) is 4. The third kappa shape index (κ3) is 3.34. The summed E-state index contributed by atoms with van der Waals surface area (Å²) in [6.45, 7) is 0. The number of benzene rings is 2. The number of rotatable bonds is 5. The molecule has 0 bridgehead atoms. The molecule has 2 heterocycles. The van der Waals surface area contributed by atoms with E-state index in [2.05, 4.69) is 27.2 Å². The van der Waals surface area contributed by atoms with Gasteiger partial charge in [0.1, 0.15) is 5.75 Å². The summed E-state index contributed by atoms with van der Waals surface area (Å²) in [5.74, 6) is 2.23. The first-order valence-electron chi connectivity index (χ1n) is 7.86. The van der Waals surface area contributed by atoms with Gasteiger partial charge in [-0.25, -0.2) is 4.98 Å². The highest BCUT2D eigenvalue weighted by molar-refractivity contribution is 7.98. The summed E-state index contributed by atoms with van der Waals surface area (Å²) in [6, 6.07) is 20.1. The Hall–Kier alpha value is -2.86. The second kappa shape index (κ2) is 6.94. The van der Waals surface area contributed by atoms with Crippen molar-refractivity contribution in [3.8, 4) is 17.0 Å². The molecule has 0 atom stereocenters. The maximum atomic E-state index is 5.32. The Morgan fingerprint density at radius 3 is 2.76 bits per heavy atom. The molecular formula is C19H16N4OS. The van der Waals surface area contributed by atoms with Crippen LogP contribution in [0.25, 0.3) is 17.0 Å². The molecule has 0 N–H and O–H groups in total. The molecule has 0 saturated heterocycles. The molecule has 2 aromatic heterocycles. The zero-order valence-electron chi connectivity index (χ0n) is 13.7. The molecule has 0 aliphatic rings. The number of hydrogen-bond acceptors (Lipinski definition) is 5. The summed E-state index contributed by atoms with van der Waals surface area (Å²) in [6.07, 6.45) is 1.75. The number of methoxy groups -OCH3 is 1. The van der Waals surface area contributed by atoms with Crippen LogP contribution in [0.2, 0.25) is 0 Å². The largest absolute Gasteiger partial charge is 0.497 e. The van der Waals surface area contributed by atoms with Gasteiger partial charge < -0.3 is 4.74 Å². The highest BCUT2D eigenvalue weighted by atomic mass is 32.2. The molecule has 0 aliphatic heterocycles. The minimum atomic E-state index is 0.593. The van der Waals surface area contributed by atoms with Crippen LogP contribution < -0.4 is 4.74 Å². The average molecular weight is 348 g/mol. The molecule has 25 heavy (non-hydrogen) atoms. The van der Waals surface area contributed by atoms with E-state index in [1.54, 1.807) is 29.6 Å². The van der Waals surface area contributed by atoms with Gasteiger partial charge in [0, 0.05) is 17.5 Å². The number of aromatic nitrogens is 4. The molecule has 0 amide bonds. The van der Waals surface area contributed by atoms with Crippen molar-refractivity contribution in [2.45, 2.75) is 10.9 Å². The molecule has 0 spiro atoms. The summed E-state index contributed by atoms with van der Waals surface area (Å²) in [4.78, 5) is 8.86. The Morgan fingerprint density at radius 1 is 1.04 bits per heavy atom. The van der Waals surface area contributed by atoms with E-state index in [9.17, 15) is 0 Å². The molecule has 0 unspecified atom stereocenters. The van der Waals surface area contributed by atoms with E-state index in [-0.39, 0.29) is 0 Å². The molecule has 5 nitrogen and oxygen atoms in total. The van der Waals surface area contributed by atoms with Gasteiger partial charge in [-0.05, 0) is 23.8 Å². The molecule has 6 heteroatoms. The van der Waals surface area contributed by atoms with Crippen molar-refractivity contribution in [1.82, 2.24) is 19.6 Å². The van der Waals surface area contributed by atoms with E-state index in [1.165, 1.54) is 5.56 Å². The van der Waals surface area contributed by atoms with Crippen LogP contribution in [0.1, 0.15) is 5.56 Å². The Kier molecular flexibility index (Phi) is 4.35. The summed E-state index contributed by atoms with van der Waals surface area (Å²) in [7, 11) is 1.66. The van der Waals surface area contributed by atoms with Gasteiger partial charge in [0.15, 0.2) is 0 Å². The topological polar surface area (TPSA) is 52.3 Å².